The van der Waals surface area contributed by atoms with E-state index in [4.69, 9.17) is 0 Å². The Bertz CT molecular complexity index is 500. The molecule has 0 aliphatic heterocycles. The Balaban J connectivity index is 1.90. The molecule has 0 saturated heterocycles. The van der Waals surface area contributed by atoms with Gasteiger partial charge in [-0.2, -0.15) is 13.2 Å². The first-order chi connectivity index (χ1) is 9.09. The summed E-state index contributed by atoms with van der Waals surface area (Å²) in [7, 11) is -5.25. The summed E-state index contributed by atoms with van der Waals surface area (Å²) in [6, 6.07) is 0. The lowest BCUT2D eigenvalue weighted by molar-refractivity contribution is -0.0808. The van der Waals surface area contributed by atoms with E-state index in [1.807, 2.05) is 4.72 Å². The molecule has 2 unspecified atom stereocenters. The zero-order chi connectivity index (χ0) is 14.8. The summed E-state index contributed by atoms with van der Waals surface area (Å²) < 4.78 is 63.0. The van der Waals surface area contributed by atoms with Crippen LogP contribution in [-0.4, -0.2) is 19.5 Å². The number of hydrogen-bond acceptors (Lipinski definition) is 2. The lowest BCUT2D eigenvalue weighted by Crippen LogP contribution is -2.64. The van der Waals surface area contributed by atoms with Gasteiger partial charge in [0.25, 0.3) is 0 Å². The molecule has 4 bridgehead atoms. The van der Waals surface area contributed by atoms with E-state index in [2.05, 4.69) is 6.92 Å². The van der Waals surface area contributed by atoms with E-state index in [1.165, 1.54) is 0 Å². The molecule has 1 N–H and O–H groups in total. The van der Waals surface area contributed by atoms with Crippen molar-refractivity contribution in [3.05, 3.63) is 0 Å². The van der Waals surface area contributed by atoms with Crippen LogP contribution in [0.5, 0.6) is 0 Å². The minimum Gasteiger partial charge on any atom is -0.203 e. The Labute approximate surface area is 117 Å². The van der Waals surface area contributed by atoms with Gasteiger partial charge in [-0.15, -0.1) is 0 Å². The van der Waals surface area contributed by atoms with E-state index in [-0.39, 0.29) is 5.41 Å². The van der Waals surface area contributed by atoms with E-state index in [1.54, 1.807) is 0 Å². The largest absolute Gasteiger partial charge is 0.511 e. The summed E-state index contributed by atoms with van der Waals surface area (Å²) in [6.07, 6.45) is 5.79. The van der Waals surface area contributed by atoms with Crippen LogP contribution in [-0.2, 0) is 10.0 Å². The van der Waals surface area contributed by atoms with Crippen LogP contribution in [0, 0.1) is 17.3 Å². The second-order valence-corrected chi connectivity index (χ2v) is 8.82. The highest BCUT2D eigenvalue weighted by atomic mass is 32.2. The van der Waals surface area contributed by atoms with Crippen LogP contribution in [0.25, 0.3) is 0 Å². The van der Waals surface area contributed by atoms with Gasteiger partial charge in [0.15, 0.2) is 0 Å². The molecule has 0 aromatic heterocycles. The van der Waals surface area contributed by atoms with Crippen molar-refractivity contribution in [2.45, 2.75) is 62.9 Å². The van der Waals surface area contributed by atoms with Gasteiger partial charge in [0.1, 0.15) is 0 Å². The first-order valence-corrected chi connectivity index (χ1v) is 8.67. The third-order valence-electron chi connectivity index (χ3n) is 5.59. The number of nitrogens with one attached hydrogen (secondary N) is 1. The van der Waals surface area contributed by atoms with Crippen LogP contribution in [0.1, 0.15) is 51.9 Å². The van der Waals surface area contributed by atoms with Gasteiger partial charge in [0.05, 0.1) is 0 Å². The quantitative estimate of drug-likeness (QED) is 0.870. The minimum atomic E-state index is -5.25. The Morgan fingerprint density at radius 3 is 2.15 bits per heavy atom. The number of hydrogen-bond donors (Lipinski definition) is 1. The predicted octanol–water partition coefficient (Wildman–Crippen LogP) is 3.17. The summed E-state index contributed by atoms with van der Waals surface area (Å²) in [6.45, 7) is 2.07. The Morgan fingerprint density at radius 1 is 1.15 bits per heavy atom. The molecule has 4 fully saturated rings. The fourth-order valence-corrected chi connectivity index (χ4v) is 6.25. The topological polar surface area (TPSA) is 46.2 Å². The summed E-state index contributed by atoms with van der Waals surface area (Å²) >= 11 is 0. The van der Waals surface area contributed by atoms with Crippen molar-refractivity contribution in [3.63, 3.8) is 0 Å². The van der Waals surface area contributed by atoms with Gasteiger partial charge in [-0.25, -0.2) is 13.1 Å². The molecule has 3 nitrogen and oxygen atoms in total. The monoisotopic (exact) mass is 311 g/mol. The fraction of sp³-hybridized carbons (Fsp3) is 1.00. The molecule has 0 aromatic carbocycles. The second kappa shape index (κ2) is 4.12. The summed E-state index contributed by atoms with van der Waals surface area (Å²) in [5.41, 5.74) is -6.01. The van der Waals surface area contributed by atoms with Gasteiger partial charge in [-0.3, -0.25) is 0 Å². The SMILES string of the molecule is CCC12CC3CC(C1)CC(NS(=O)(=O)C(F)(F)F)(C3)C2. The maximum Gasteiger partial charge on any atom is 0.511 e. The van der Waals surface area contributed by atoms with E-state index < -0.39 is 21.1 Å². The molecule has 20 heavy (non-hydrogen) atoms. The standard InChI is InChI=1S/C13H20F3NO2S/c1-2-11-4-9-3-10(5-11)7-12(6-9,8-11)17-20(18,19)13(14,15)16/h9-10,17H,2-8H2,1H3. The maximum atomic E-state index is 12.6. The van der Waals surface area contributed by atoms with E-state index in [0.29, 0.717) is 31.1 Å². The van der Waals surface area contributed by atoms with Gasteiger partial charge >= 0.3 is 15.5 Å². The maximum absolute atomic E-state index is 12.6. The molecule has 0 heterocycles. The van der Waals surface area contributed by atoms with Gasteiger partial charge in [0.2, 0.25) is 0 Å². The van der Waals surface area contributed by atoms with Crippen LogP contribution in [0.4, 0.5) is 13.2 Å². The summed E-state index contributed by atoms with van der Waals surface area (Å²) in [4.78, 5) is 0. The Kier molecular flexibility index (Phi) is 3.02. The van der Waals surface area contributed by atoms with Crippen LogP contribution in [0.15, 0.2) is 0 Å². The molecule has 4 rings (SSSR count). The Morgan fingerprint density at radius 2 is 1.70 bits per heavy atom. The molecule has 4 aliphatic carbocycles. The van der Waals surface area contributed by atoms with Crippen LogP contribution >= 0.6 is 0 Å². The predicted molar refractivity (Wildman–Crippen MR) is 68.2 cm³/mol. The molecule has 2 atom stereocenters. The third-order valence-corrected chi connectivity index (χ3v) is 6.90. The third kappa shape index (κ3) is 2.17. The average Bonchev–Trinajstić information content (AvgIpc) is 2.23. The smallest absolute Gasteiger partial charge is 0.203 e. The van der Waals surface area contributed by atoms with Gasteiger partial charge in [-0.05, 0) is 55.8 Å². The number of alkyl halides is 3. The molecule has 0 amide bonds. The van der Waals surface area contributed by atoms with Crippen molar-refractivity contribution in [2.24, 2.45) is 17.3 Å². The first-order valence-electron chi connectivity index (χ1n) is 7.19. The first kappa shape index (κ1) is 14.6. The van der Waals surface area contributed by atoms with Crippen molar-refractivity contribution in [3.8, 4) is 0 Å². The molecule has 0 radical (unpaired) electrons. The number of sulfonamides is 1. The molecule has 4 saturated carbocycles. The van der Waals surface area contributed by atoms with Crippen molar-refractivity contribution in [1.29, 1.82) is 0 Å². The zero-order valence-corrected chi connectivity index (χ0v) is 12.3. The van der Waals surface area contributed by atoms with Crippen LogP contribution in [0.2, 0.25) is 0 Å². The average molecular weight is 311 g/mol. The molecule has 0 aromatic rings. The highest BCUT2D eigenvalue weighted by molar-refractivity contribution is 7.90. The highest BCUT2D eigenvalue weighted by Gasteiger charge is 2.60. The van der Waals surface area contributed by atoms with Crippen molar-refractivity contribution >= 4 is 10.0 Å². The molecular formula is C13H20F3NO2S. The fourth-order valence-electron chi connectivity index (χ4n) is 5.33. The van der Waals surface area contributed by atoms with Gasteiger partial charge < -0.3 is 0 Å². The summed E-state index contributed by atoms with van der Waals surface area (Å²) in [5, 5.41) is 0. The van der Waals surface area contributed by atoms with Crippen LogP contribution in [0.3, 0.4) is 0 Å². The van der Waals surface area contributed by atoms with E-state index in [0.717, 1.165) is 25.7 Å². The molecular weight excluding hydrogens is 291 g/mol. The molecule has 116 valence electrons. The van der Waals surface area contributed by atoms with E-state index >= 15 is 0 Å². The molecule has 0 spiro atoms. The van der Waals surface area contributed by atoms with Crippen LogP contribution < -0.4 is 4.72 Å². The summed E-state index contributed by atoms with van der Waals surface area (Å²) in [5.74, 6) is 0.763. The van der Waals surface area contributed by atoms with Gasteiger partial charge in [-0.1, -0.05) is 13.3 Å². The van der Waals surface area contributed by atoms with E-state index in [9.17, 15) is 21.6 Å². The molecule has 4 aliphatic rings. The van der Waals surface area contributed by atoms with Gasteiger partial charge in [0, 0.05) is 5.54 Å². The Hall–Kier alpha value is -0.300. The normalized spacial score (nSPS) is 44.0. The zero-order valence-electron chi connectivity index (χ0n) is 11.5. The highest BCUT2D eigenvalue weighted by Crippen LogP contribution is 2.63. The van der Waals surface area contributed by atoms with Crippen molar-refractivity contribution < 1.29 is 21.6 Å². The molecule has 7 heteroatoms. The number of halogens is 3. The second-order valence-electron chi connectivity index (χ2n) is 7.15. The number of rotatable bonds is 3. The lowest BCUT2D eigenvalue weighted by atomic mass is 9.46. The van der Waals surface area contributed by atoms with Crippen molar-refractivity contribution in [2.75, 3.05) is 0 Å². The minimum absolute atomic E-state index is 0.0538. The van der Waals surface area contributed by atoms with Crippen molar-refractivity contribution in [1.82, 2.24) is 4.72 Å². The lowest BCUT2D eigenvalue weighted by Gasteiger charge is -2.62.